The van der Waals surface area contributed by atoms with E-state index in [1.54, 1.807) is 104 Å². The topological polar surface area (TPSA) is 94.2 Å². The van der Waals surface area contributed by atoms with E-state index in [-0.39, 0.29) is 23.5 Å². The lowest BCUT2D eigenvalue weighted by Gasteiger charge is -2.33. The molecular formula is C48H36N2O6. The van der Waals surface area contributed by atoms with Gasteiger partial charge in [0.2, 0.25) is 0 Å². The molecule has 7 aromatic carbocycles. The highest BCUT2D eigenvalue weighted by Crippen LogP contribution is 2.32. The zero-order valence-electron chi connectivity index (χ0n) is 30.6. The smallest absolute Gasteiger partial charge is 0.268 e. The number of amides is 1. The Kier molecular flexibility index (Phi) is 9.95. The van der Waals surface area contributed by atoms with Crippen LogP contribution in [0.15, 0.2) is 170 Å². The van der Waals surface area contributed by atoms with E-state index in [0.29, 0.717) is 62.3 Å². The van der Waals surface area contributed by atoms with Crippen LogP contribution < -0.4 is 19.6 Å². The van der Waals surface area contributed by atoms with Crippen molar-refractivity contribution < 1.29 is 28.6 Å². The quantitative estimate of drug-likeness (QED) is 0.132. The van der Waals surface area contributed by atoms with E-state index in [2.05, 4.69) is 5.43 Å². The molecule has 0 spiro atoms. The molecule has 1 unspecified atom stereocenters. The number of aryl methyl sites for hydroxylation is 1. The van der Waals surface area contributed by atoms with Crippen molar-refractivity contribution >= 4 is 17.5 Å². The normalized spacial score (nSPS) is 13.4. The highest BCUT2D eigenvalue weighted by molar-refractivity contribution is 6.09. The minimum atomic E-state index is -0.165. The SMILES string of the molecule is Cc1ccc(C(=O)c2ccc(Oc3ccc(Oc4ccc(C(=O)c5ccc(Oc6ccc(C7NN(C)C(=O)c8ccccc87)cc6)cc5)cc4)cc3)cc2)cc1. The van der Waals surface area contributed by atoms with Crippen molar-refractivity contribution in [2.24, 2.45) is 0 Å². The Hall–Kier alpha value is -7.29. The summed E-state index contributed by atoms with van der Waals surface area (Å²) in [5.41, 5.74) is 9.27. The Balaban J connectivity index is 0.838. The molecule has 8 nitrogen and oxygen atoms in total. The molecule has 0 aliphatic carbocycles. The van der Waals surface area contributed by atoms with E-state index < -0.39 is 0 Å². The zero-order valence-corrected chi connectivity index (χ0v) is 30.6. The first kappa shape index (κ1) is 35.7. The number of fused-ring (bicyclic) bond motifs is 1. The van der Waals surface area contributed by atoms with Gasteiger partial charge in [0.1, 0.15) is 34.5 Å². The summed E-state index contributed by atoms with van der Waals surface area (Å²) in [6, 6.07) is 51.0. The molecule has 8 heteroatoms. The van der Waals surface area contributed by atoms with Gasteiger partial charge in [0.15, 0.2) is 11.6 Å². The van der Waals surface area contributed by atoms with Crippen molar-refractivity contribution in [3.05, 3.63) is 214 Å². The predicted octanol–water partition coefficient (Wildman–Crippen LogP) is 10.5. The third-order valence-corrected chi connectivity index (χ3v) is 9.54. The Morgan fingerprint density at radius 2 is 0.821 bits per heavy atom. The van der Waals surface area contributed by atoms with Crippen LogP contribution in [0.1, 0.15) is 64.9 Å². The number of rotatable bonds is 11. The second kappa shape index (κ2) is 15.6. The molecule has 0 radical (unpaired) electrons. The van der Waals surface area contributed by atoms with Crippen molar-refractivity contribution in [2.75, 3.05) is 7.05 Å². The first-order chi connectivity index (χ1) is 27.3. The number of hydrazine groups is 1. The molecule has 0 aromatic heterocycles. The van der Waals surface area contributed by atoms with Gasteiger partial charge in [-0.2, -0.15) is 0 Å². The maximum atomic E-state index is 13.3. The highest BCUT2D eigenvalue weighted by atomic mass is 16.5. The predicted molar refractivity (Wildman–Crippen MR) is 214 cm³/mol. The first-order valence-electron chi connectivity index (χ1n) is 18.1. The Bertz CT molecular complexity index is 2510. The van der Waals surface area contributed by atoms with Crippen molar-refractivity contribution in [1.29, 1.82) is 0 Å². The maximum Gasteiger partial charge on any atom is 0.268 e. The summed E-state index contributed by atoms with van der Waals surface area (Å²) in [7, 11) is 1.72. The minimum Gasteiger partial charge on any atom is -0.457 e. The Morgan fingerprint density at radius 1 is 0.482 bits per heavy atom. The van der Waals surface area contributed by atoms with Crippen LogP contribution in [-0.2, 0) is 0 Å². The molecule has 0 saturated carbocycles. The lowest BCUT2D eigenvalue weighted by molar-refractivity contribution is 0.0663. The van der Waals surface area contributed by atoms with E-state index in [1.165, 1.54) is 5.01 Å². The lowest BCUT2D eigenvalue weighted by Crippen LogP contribution is -2.46. The highest BCUT2D eigenvalue weighted by Gasteiger charge is 2.29. The number of hydrogen-bond donors (Lipinski definition) is 1. The summed E-state index contributed by atoms with van der Waals surface area (Å²) >= 11 is 0. The summed E-state index contributed by atoms with van der Waals surface area (Å²) in [6.45, 7) is 1.99. The van der Waals surface area contributed by atoms with E-state index in [0.717, 1.165) is 16.7 Å². The number of nitrogens with one attached hydrogen (secondary N) is 1. The number of carbonyl (C=O) groups is 3. The number of benzene rings is 7. The molecule has 1 N–H and O–H groups in total. The monoisotopic (exact) mass is 736 g/mol. The van der Waals surface area contributed by atoms with Crippen LogP contribution in [0.2, 0.25) is 0 Å². The molecule has 8 rings (SSSR count). The van der Waals surface area contributed by atoms with Crippen molar-refractivity contribution in [3.8, 4) is 34.5 Å². The summed E-state index contributed by atoms with van der Waals surface area (Å²) in [5, 5.41) is 1.52. The van der Waals surface area contributed by atoms with Gasteiger partial charge in [-0.25, -0.2) is 5.43 Å². The molecule has 1 aliphatic rings. The van der Waals surface area contributed by atoms with Crippen LogP contribution >= 0.6 is 0 Å². The summed E-state index contributed by atoms with van der Waals surface area (Å²) < 4.78 is 18.1. The maximum absolute atomic E-state index is 13.3. The van der Waals surface area contributed by atoms with Crippen molar-refractivity contribution in [2.45, 2.75) is 13.0 Å². The molecule has 1 aliphatic heterocycles. The number of ether oxygens (including phenoxy) is 3. The van der Waals surface area contributed by atoms with Gasteiger partial charge in [-0.3, -0.25) is 19.4 Å². The molecule has 7 aromatic rings. The van der Waals surface area contributed by atoms with E-state index in [1.807, 2.05) is 79.7 Å². The Labute approximate surface area is 324 Å². The van der Waals surface area contributed by atoms with Crippen LogP contribution in [0.4, 0.5) is 0 Å². The van der Waals surface area contributed by atoms with Crippen molar-refractivity contribution in [1.82, 2.24) is 10.4 Å². The van der Waals surface area contributed by atoms with Crippen LogP contribution in [0.5, 0.6) is 34.5 Å². The van der Waals surface area contributed by atoms with E-state index in [9.17, 15) is 14.4 Å². The van der Waals surface area contributed by atoms with Crippen LogP contribution in [0, 0.1) is 6.92 Å². The lowest BCUT2D eigenvalue weighted by atomic mass is 9.93. The van der Waals surface area contributed by atoms with Crippen LogP contribution in [-0.4, -0.2) is 29.5 Å². The fourth-order valence-electron chi connectivity index (χ4n) is 6.47. The fraction of sp³-hybridized carbons (Fsp3) is 0.0625. The van der Waals surface area contributed by atoms with E-state index in [4.69, 9.17) is 14.2 Å². The third kappa shape index (κ3) is 7.82. The average molecular weight is 737 g/mol. The molecule has 1 amide bonds. The second-order valence-electron chi connectivity index (χ2n) is 13.5. The zero-order chi connectivity index (χ0) is 38.6. The van der Waals surface area contributed by atoms with Crippen LogP contribution in [0.3, 0.4) is 0 Å². The van der Waals surface area contributed by atoms with Crippen molar-refractivity contribution in [3.63, 3.8) is 0 Å². The molecule has 0 bridgehead atoms. The number of carbonyl (C=O) groups excluding carboxylic acids is 3. The molecule has 1 heterocycles. The summed E-state index contributed by atoms with van der Waals surface area (Å²) in [4.78, 5) is 38.6. The first-order valence-corrected chi connectivity index (χ1v) is 18.1. The molecule has 274 valence electrons. The van der Waals surface area contributed by atoms with Gasteiger partial charge >= 0.3 is 0 Å². The molecule has 1 atom stereocenters. The van der Waals surface area contributed by atoms with Gasteiger partial charge in [-0.1, -0.05) is 60.2 Å². The third-order valence-electron chi connectivity index (χ3n) is 9.54. The van der Waals surface area contributed by atoms with Crippen LogP contribution in [0.25, 0.3) is 0 Å². The average Bonchev–Trinajstić information content (AvgIpc) is 3.24. The number of nitrogens with zero attached hydrogens (tertiary/aromatic N) is 1. The standard InChI is InChI=1S/C48H36N2O6/c1-31-7-9-33(10-8-31)46(51)34-13-23-39(24-14-34)55-41-27-29-42(30-28-41)56-40-25-17-36(18-26-40)47(52)35-15-21-38(22-16-35)54-37-19-11-32(12-20-37)45-43-5-3-4-6-44(43)48(53)50(2)49-45/h3-30,45,49H,1-2H3. The van der Waals surface area contributed by atoms with Gasteiger partial charge in [0.25, 0.3) is 5.91 Å². The Morgan fingerprint density at radius 3 is 1.23 bits per heavy atom. The fourth-order valence-corrected chi connectivity index (χ4v) is 6.47. The van der Waals surface area contributed by atoms with Gasteiger partial charge in [-0.15, -0.1) is 0 Å². The molecule has 0 fully saturated rings. The summed E-state index contributed by atoms with van der Waals surface area (Å²) in [6.07, 6.45) is 0. The largest absolute Gasteiger partial charge is 0.457 e. The van der Waals surface area contributed by atoms with Gasteiger partial charge in [0, 0.05) is 34.9 Å². The van der Waals surface area contributed by atoms with Gasteiger partial charge in [-0.05, 0) is 133 Å². The van der Waals surface area contributed by atoms with E-state index >= 15 is 0 Å². The molecule has 56 heavy (non-hydrogen) atoms. The number of hydrogen-bond acceptors (Lipinski definition) is 7. The second-order valence-corrected chi connectivity index (χ2v) is 13.5. The van der Waals surface area contributed by atoms with Gasteiger partial charge < -0.3 is 14.2 Å². The summed E-state index contributed by atoms with van der Waals surface area (Å²) in [5.74, 6) is 3.46. The number of ketones is 2. The molecular weight excluding hydrogens is 701 g/mol. The molecule has 0 saturated heterocycles. The van der Waals surface area contributed by atoms with Gasteiger partial charge in [0.05, 0.1) is 6.04 Å². The minimum absolute atomic E-state index is 0.0374.